The summed E-state index contributed by atoms with van der Waals surface area (Å²) in [6.45, 7) is 4.38. The van der Waals surface area contributed by atoms with Gasteiger partial charge in [-0.3, -0.25) is 0 Å². The number of benzene rings is 2. The zero-order chi connectivity index (χ0) is 12.1. The van der Waals surface area contributed by atoms with Crippen molar-refractivity contribution in [1.29, 1.82) is 0 Å². The van der Waals surface area contributed by atoms with Crippen LogP contribution in [0, 0.1) is 0 Å². The molecule has 0 aliphatic rings. The third-order valence-electron chi connectivity index (χ3n) is 3.01. The van der Waals surface area contributed by atoms with Crippen molar-refractivity contribution in [2.45, 2.75) is 5.92 Å². The second kappa shape index (κ2) is 7.00. The van der Waals surface area contributed by atoms with E-state index in [1.54, 1.807) is 0 Å². The molecule has 1 nitrogen and oxygen atoms in total. The molecule has 0 aromatic heterocycles. The van der Waals surface area contributed by atoms with E-state index in [2.05, 4.69) is 55.1 Å². The Hall–Kier alpha value is -1.57. The Morgan fingerprint density at radius 3 is 2.00 bits per heavy atom. The van der Waals surface area contributed by atoms with E-state index in [0.29, 0.717) is 6.54 Å². The van der Waals surface area contributed by atoms with Crippen LogP contribution in [0.15, 0.2) is 61.2 Å². The molecule has 0 aliphatic heterocycles. The number of hydrogen-bond acceptors (Lipinski definition) is 1. The molecule has 0 heterocycles. The lowest BCUT2D eigenvalue weighted by molar-refractivity contribution is 0.819. The van der Waals surface area contributed by atoms with Gasteiger partial charge in [0.25, 0.3) is 0 Å². The summed E-state index contributed by atoms with van der Waals surface area (Å²) in [7, 11) is 0. The van der Waals surface area contributed by atoms with Gasteiger partial charge in [0.2, 0.25) is 0 Å². The third kappa shape index (κ3) is 3.22. The lowest BCUT2D eigenvalue weighted by Gasteiger charge is -2.15. The van der Waals surface area contributed by atoms with Crippen molar-refractivity contribution >= 4 is 18.5 Å². The molecule has 2 N–H and O–H groups in total. The van der Waals surface area contributed by atoms with Gasteiger partial charge < -0.3 is 5.73 Å². The molecular weight excluding hydrogens is 242 g/mol. The van der Waals surface area contributed by atoms with E-state index in [-0.39, 0.29) is 18.3 Å². The zero-order valence-corrected chi connectivity index (χ0v) is 11.1. The van der Waals surface area contributed by atoms with Crippen LogP contribution in [-0.2, 0) is 0 Å². The van der Waals surface area contributed by atoms with Crippen LogP contribution >= 0.6 is 12.4 Å². The quantitative estimate of drug-likeness (QED) is 0.887. The van der Waals surface area contributed by atoms with E-state index in [0.717, 1.165) is 5.56 Å². The molecule has 94 valence electrons. The smallest absolute Gasteiger partial charge is 0.0212 e. The summed E-state index contributed by atoms with van der Waals surface area (Å²) < 4.78 is 0. The fourth-order valence-electron chi connectivity index (χ4n) is 2.01. The Balaban J connectivity index is 0.00000162. The average Bonchev–Trinajstić information content (AvgIpc) is 2.42. The van der Waals surface area contributed by atoms with Gasteiger partial charge in [-0.25, -0.2) is 0 Å². The van der Waals surface area contributed by atoms with Crippen LogP contribution in [0.2, 0.25) is 0 Å². The van der Waals surface area contributed by atoms with Crippen molar-refractivity contribution in [2.75, 3.05) is 6.54 Å². The first-order chi connectivity index (χ1) is 8.35. The van der Waals surface area contributed by atoms with Crippen molar-refractivity contribution < 1.29 is 0 Å². The Morgan fingerprint density at radius 2 is 1.50 bits per heavy atom. The second-order valence-electron chi connectivity index (χ2n) is 4.07. The highest BCUT2D eigenvalue weighted by atomic mass is 35.5. The van der Waals surface area contributed by atoms with Crippen molar-refractivity contribution in [3.8, 4) is 0 Å². The molecule has 0 amide bonds. The molecule has 0 saturated heterocycles. The maximum absolute atomic E-state index is 5.89. The summed E-state index contributed by atoms with van der Waals surface area (Å²) >= 11 is 0. The lowest BCUT2D eigenvalue weighted by atomic mass is 9.91. The van der Waals surface area contributed by atoms with Crippen LogP contribution in [0.25, 0.3) is 6.08 Å². The Bertz CT molecular complexity index is 476. The molecule has 1 atom stereocenters. The van der Waals surface area contributed by atoms with E-state index in [4.69, 9.17) is 5.73 Å². The summed E-state index contributed by atoms with van der Waals surface area (Å²) in [4.78, 5) is 0. The lowest BCUT2D eigenvalue weighted by Crippen LogP contribution is -2.13. The normalized spacial score (nSPS) is 11.4. The van der Waals surface area contributed by atoms with E-state index in [9.17, 15) is 0 Å². The molecule has 2 aromatic rings. The molecule has 0 spiro atoms. The van der Waals surface area contributed by atoms with E-state index < -0.39 is 0 Å². The summed E-state index contributed by atoms with van der Waals surface area (Å²) in [6, 6.07) is 18.8. The van der Waals surface area contributed by atoms with E-state index in [1.165, 1.54) is 11.1 Å². The zero-order valence-electron chi connectivity index (χ0n) is 10.3. The Kier molecular flexibility index (Phi) is 5.63. The summed E-state index contributed by atoms with van der Waals surface area (Å²) in [5.41, 5.74) is 9.54. The summed E-state index contributed by atoms with van der Waals surface area (Å²) in [5.74, 6) is 0.273. The predicted molar refractivity (Wildman–Crippen MR) is 81.1 cm³/mol. The number of rotatable bonds is 4. The maximum atomic E-state index is 5.89. The minimum atomic E-state index is 0. The molecular formula is C16H18ClN. The molecule has 2 heteroatoms. The van der Waals surface area contributed by atoms with Crippen LogP contribution in [0.3, 0.4) is 0 Å². The number of halogens is 1. The maximum Gasteiger partial charge on any atom is 0.0212 e. The highest BCUT2D eigenvalue weighted by Gasteiger charge is 2.11. The van der Waals surface area contributed by atoms with Crippen LogP contribution in [-0.4, -0.2) is 6.54 Å². The van der Waals surface area contributed by atoms with E-state index >= 15 is 0 Å². The third-order valence-corrected chi connectivity index (χ3v) is 3.01. The van der Waals surface area contributed by atoms with Crippen molar-refractivity contribution in [3.05, 3.63) is 77.9 Å². The SMILES string of the molecule is C=Cc1ccc([C@@H](CN)c2ccccc2)cc1.Cl. The highest BCUT2D eigenvalue weighted by Crippen LogP contribution is 2.23. The van der Waals surface area contributed by atoms with Gasteiger partial charge in [-0.15, -0.1) is 12.4 Å². The van der Waals surface area contributed by atoms with Gasteiger partial charge in [0.15, 0.2) is 0 Å². The van der Waals surface area contributed by atoms with Gasteiger partial charge in [0, 0.05) is 12.5 Å². The van der Waals surface area contributed by atoms with Crippen molar-refractivity contribution in [2.24, 2.45) is 5.73 Å². The molecule has 0 fully saturated rings. The molecule has 0 aliphatic carbocycles. The van der Waals surface area contributed by atoms with E-state index in [1.807, 2.05) is 12.1 Å². The molecule has 0 bridgehead atoms. The largest absolute Gasteiger partial charge is 0.330 e. The first-order valence-electron chi connectivity index (χ1n) is 5.82. The van der Waals surface area contributed by atoms with Gasteiger partial charge in [-0.2, -0.15) is 0 Å². The van der Waals surface area contributed by atoms with Crippen molar-refractivity contribution in [1.82, 2.24) is 0 Å². The van der Waals surface area contributed by atoms with Crippen LogP contribution in [0.1, 0.15) is 22.6 Å². The molecule has 0 saturated carbocycles. The average molecular weight is 260 g/mol. The molecule has 0 radical (unpaired) electrons. The van der Waals surface area contributed by atoms with Gasteiger partial charge in [0.05, 0.1) is 0 Å². The molecule has 2 rings (SSSR count). The first kappa shape index (κ1) is 14.5. The number of hydrogen-bond donors (Lipinski definition) is 1. The minimum absolute atomic E-state index is 0. The second-order valence-corrected chi connectivity index (χ2v) is 4.07. The summed E-state index contributed by atoms with van der Waals surface area (Å²) in [6.07, 6.45) is 1.85. The fraction of sp³-hybridized carbons (Fsp3) is 0.125. The Morgan fingerprint density at radius 1 is 0.944 bits per heavy atom. The monoisotopic (exact) mass is 259 g/mol. The fourth-order valence-corrected chi connectivity index (χ4v) is 2.01. The topological polar surface area (TPSA) is 26.0 Å². The van der Waals surface area contributed by atoms with Gasteiger partial charge >= 0.3 is 0 Å². The minimum Gasteiger partial charge on any atom is -0.330 e. The van der Waals surface area contributed by atoms with Crippen molar-refractivity contribution in [3.63, 3.8) is 0 Å². The van der Waals surface area contributed by atoms with Gasteiger partial charge in [0.1, 0.15) is 0 Å². The molecule has 2 aromatic carbocycles. The molecule has 18 heavy (non-hydrogen) atoms. The highest BCUT2D eigenvalue weighted by molar-refractivity contribution is 5.85. The van der Waals surface area contributed by atoms with Crippen LogP contribution in [0.4, 0.5) is 0 Å². The van der Waals surface area contributed by atoms with Crippen LogP contribution in [0.5, 0.6) is 0 Å². The predicted octanol–water partition coefficient (Wildman–Crippen LogP) is 3.84. The Labute approximate surface area is 115 Å². The molecule has 0 unspecified atom stereocenters. The standard InChI is InChI=1S/C16H17N.ClH/c1-2-13-8-10-15(11-9-13)16(12-17)14-6-4-3-5-7-14;/h2-11,16H,1,12,17H2;1H/t16-;/m0./s1. The van der Waals surface area contributed by atoms with Gasteiger partial charge in [-0.1, -0.05) is 67.3 Å². The number of nitrogens with two attached hydrogens (primary N) is 1. The van der Waals surface area contributed by atoms with Crippen LogP contribution < -0.4 is 5.73 Å². The summed E-state index contributed by atoms with van der Waals surface area (Å²) in [5, 5.41) is 0. The first-order valence-corrected chi connectivity index (χ1v) is 5.82. The van der Waals surface area contributed by atoms with Gasteiger partial charge in [-0.05, 0) is 16.7 Å².